The summed E-state index contributed by atoms with van der Waals surface area (Å²) in [5, 5.41) is 2.63. The van der Waals surface area contributed by atoms with Gasteiger partial charge in [-0.05, 0) is 62.6 Å². The minimum atomic E-state index is 0.0137. The third-order valence-corrected chi connectivity index (χ3v) is 7.96. The molecule has 0 fully saturated rings. The molecular weight excluding hydrogens is 425 g/mol. The fourth-order valence-corrected chi connectivity index (χ4v) is 6.06. The summed E-state index contributed by atoms with van der Waals surface area (Å²) in [6, 6.07) is 27.2. The highest BCUT2D eigenvalue weighted by atomic mass is 16.5. The Bertz CT molecular complexity index is 1690. The molecule has 7 rings (SSSR count). The van der Waals surface area contributed by atoms with Crippen LogP contribution in [-0.2, 0) is 10.8 Å². The third kappa shape index (κ3) is 2.78. The fraction of sp³-hybridized carbons (Fsp3) is 0.250. The summed E-state index contributed by atoms with van der Waals surface area (Å²) in [6.07, 6.45) is 0. The Morgan fingerprint density at radius 2 is 1.40 bits per heavy atom. The minimum absolute atomic E-state index is 0.0137. The topological polar surface area (TPSA) is 14.2 Å². The largest absolute Gasteiger partial charge is 0.458 e. The third-order valence-electron chi connectivity index (χ3n) is 7.96. The highest BCUT2D eigenvalue weighted by Crippen LogP contribution is 2.40. The van der Waals surface area contributed by atoms with Crippen molar-refractivity contribution in [3.8, 4) is 17.2 Å². The molecule has 0 aliphatic carbocycles. The van der Waals surface area contributed by atoms with Gasteiger partial charge in [-0.25, -0.2) is 0 Å². The molecular formula is C32H30BNO. The zero-order chi connectivity index (χ0) is 24.3. The first-order valence-electron chi connectivity index (χ1n) is 12.7. The van der Waals surface area contributed by atoms with E-state index in [1.54, 1.807) is 0 Å². The second-order valence-corrected chi connectivity index (χ2v) is 12.3. The van der Waals surface area contributed by atoms with Crippen molar-refractivity contribution >= 4 is 44.9 Å². The molecule has 0 unspecified atom stereocenters. The van der Waals surface area contributed by atoms with Crippen LogP contribution in [-0.4, -0.2) is 11.3 Å². The number of fused-ring (bicyclic) bond motifs is 7. The van der Waals surface area contributed by atoms with Crippen LogP contribution in [0.5, 0.6) is 11.5 Å². The molecule has 4 aromatic carbocycles. The molecule has 0 radical (unpaired) electrons. The van der Waals surface area contributed by atoms with Crippen molar-refractivity contribution in [1.82, 2.24) is 4.57 Å². The predicted octanol–water partition coefficient (Wildman–Crippen LogP) is 6.31. The van der Waals surface area contributed by atoms with E-state index in [4.69, 9.17) is 4.74 Å². The van der Waals surface area contributed by atoms with Crippen LogP contribution in [0.25, 0.3) is 27.5 Å². The maximum Gasteiger partial charge on any atom is 0.256 e. The van der Waals surface area contributed by atoms with Gasteiger partial charge in [-0.3, -0.25) is 0 Å². The van der Waals surface area contributed by atoms with Crippen LogP contribution >= 0.6 is 0 Å². The summed E-state index contributed by atoms with van der Waals surface area (Å²) in [5.41, 5.74) is 10.5. The standard InChI is InChI=1S/C32H30BNO/c1-31(2,3)19-14-15-27-24(16-19)33-23-12-9-11-22-21-10-7-8-13-25(21)34(30(22)23)26-17-20(32(4,5)6)18-28(35-27)29(26)33/h7-18H,1-6H3. The van der Waals surface area contributed by atoms with Crippen molar-refractivity contribution in [3.63, 3.8) is 0 Å². The number of ether oxygens (including phenoxy) is 1. The van der Waals surface area contributed by atoms with E-state index in [1.807, 2.05) is 0 Å². The van der Waals surface area contributed by atoms with E-state index in [2.05, 4.69) is 119 Å². The van der Waals surface area contributed by atoms with Gasteiger partial charge < -0.3 is 9.30 Å². The van der Waals surface area contributed by atoms with Crippen LogP contribution in [0, 0.1) is 0 Å². The molecule has 0 spiro atoms. The summed E-state index contributed by atoms with van der Waals surface area (Å²) >= 11 is 0. The zero-order valence-corrected chi connectivity index (χ0v) is 21.4. The molecule has 0 saturated heterocycles. The maximum atomic E-state index is 6.71. The normalized spacial score (nSPS) is 14.2. The highest BCUT2D eigenvalue weighted by molar-refractivity contribution is 6.99. The molecule has 2 aliphatic heterocycles. The van der Waals surface area contributed by atoms with E-state index < -0.39 is 0 Å². The molecule has 0 bridgehead atoms. The van der Waals surface area contributed by atoms with Crippen LogP contribution in [0.4, 0.5) is 0 Å². The Labute approximate surface area is 207 Å². The SMILES string of the molecule is CC(C)(C)c1ccc2c(c1)B1c3c(cc(C(C)(C)C)cc3-n3c4ccccc4c4cccc1c43)O2. The summed E-state index contributed by atoms with van der Waals surface area (Å²) in [4.78, 5) is 0. The average molecular weight is 455 g/mol. The molecule has 0 atom stereocenters. The lowest BCUT2D eigenvalue weighted by Gasteiger charge is -2.35. The van der Waals surface area contributed by atoms with Gasteiger partial charge in [0.25, 0.3) is 6.71 Å². The van der Waals surface area contributed by atoms with E-state index in [1.165, 1.54) is 55.0 Å². The molecule has 35 heavy (non-hydrogen) atoms. The highest BCUT2D eigenvalue weighted by Gasteiger charge is 2.41. The van der Waals surface area contributed by atoms with Crippen LogP contribution < -0.4 is 21.1 Å². The second kappa shape index (κ2) is 6.60. The molecule has 0 N–H and O–H groups in total. The molecule has 3 heterocycles. The van der Waals surface area contributed by atoms with Gasteiger partial charge in [-0.15, -0.1) is 0 Å². The van der Waals surface area contributed by atoms with Crippen LogP contribution in [0.15, 0.2) is 72.8 Å². The molecule has 5 aromatic rings. The Hall–Kier alpha value is -3.46. The summed E-state index contributed by atoms with van der Waals surface area (Å²) in [6.45, 7) is 13.9. The summed E-state index contributed by atoms with van der Waals surface area (Å²) in [5.74, 6) is 1.97. The second-order valence-electron chi connectivity index (χ2n) is 12.3. The number of hydrogen-bond acceptors (Lipinski definition) is 1. The van der Waals surface area contributed by atoms with Crippen LogP contribution in [0.2, 0.25) is 0 Å². The zero-order valence-electron chi connectivity index (χ0n) is 21.4. The van der Waals surface area contributed by atoms with Crippen LogP contribution in [0.1, 0.15) is 52.7 Å². The minimum Gasteiger partial charge on any atom is -0.458 e. The Morgan fingerprint density at radius 1 is 0.657 bits per heavy atom. The number of aromatic nitrogens is 1. The first-order chi connectivity index (χ1) is 16.6. The van der Waals surface area contributed by atoms with Gasteiger partial charge >= 0.3 is 0 Å². The monoisotopic (exact) mass is 455 g/mol. The molecule has 0 saturated carbocycles. The van der Waals surface area contributed by atoms with E-state index in [0.717, 1.165) is 11.5 Å². The van der Waals surface area contributed by atoms with Crippen molar-refractivity contribution in [2.24, 2.45) is 0 Å². The van der Waals surface area contributed by atoms with Crippen molar-refractivity contribution in [2.45, 2.75) is 52.4 Å². The quantitative estimate of drug-likeness (QED) is 0.244. The smallest absolute Gasteiger partial charge is 0.256 e. The first kappa shape index (κ1) is 20.9. The average Bonchev–Trinajstić information content (AvgIpc) is 3.15. The Morgan fingerprint density at radius 3 is 2.17 bits per heavy atom. The molecule has 0 amide bonds. The maximum absolute atomic E-state index is 6.71. The van der Waals surface area contributed by atoms with Gasteiger partial charge in [-0.1, -0.05) is 90.1 Å². The van der Waals surface area contributed by atoms with Gasteiger partial charge in [0.2, 0.25) is 0 Å². The molecule has 2 nitrogen and oxygen atoms in total. The van der Waals surface area contributed by atoms with E-state index in [9.17, 15) is 0 Å². The summed E-state index contributed by atoms with van der Waals surface area (Å²) in [7, 11) is 0. The molecule has 3 heteroatoms. The van der Waals surface area contributed by atoms with Crippen LogP contribution in [0.3, 0.4) is 0 Å². The lowest BCUT2D eigenvalue weighted by molar-refractivity contribution is 0.482. The van der Waals surface area contributed by atoms with Gasteiger partial charge in [0.05, 0.1) is 5.52 Å². The van der Waals surface area contributed by atoms with Crippen molar-refractivity contribution in [1.29, 1.82) is 0 Å². The Kier molecular flexibility index (Phi) is 3.94. The number of para-hydroxylation sites is 2. The summed E-state index contributed by atoms with van der Waals surface area (Å²) < 4.78 is 9.21. The number of nitrogens with zero attached hydrogens (tertiary/aromatic N) is 1. The predicted molar refractivity (Wildman–Crippen MR) is 149 cm³/mol. The van der Waals surface area contributed by atoms with Crippen molar-refractivity contribution < 1.29 is 4.74 Å². The molecule has 1 aromatic heterocycles. The lowest BCUT2D eigenvalue weighted by Crippen LogP contribution is -2.58. The van der Waals surface area contributed by atoms with Gasteiger partial charge in [0.15, 0.2) is 0 Å². The number of rotatable bonds is 0. The number of hydrogen-bond donors (Lipinski definition) is 0. The van der Waals surface area contributed by atoms with Crippen molar-refractivity contribution in [2.75, 3.05) is 0 Å². The van der Waals surface area contributed by atoms with Gasteiger partial charge in [-0.2, -0.15) is 0 Å². The van der Waals surface area contributed by atoms with Crippen molar-refractivity contribution in [3.05, 3.63) is 83.9 Å². The Balaban J connectivity index is 1.67. The van der Waals surface area contributed by atoms with E-state index in [-0.39, 0.29) is 17.5 Å². The van der Waals surface area contributed by atoms with E-state index >= 15 is 0 Å². The molecule has 2 aliphatic rings. The number of benzene rings is 4. The van der Waals surface area contributed by atoms with E-state index in [0.29, 0.717) is 0 Å². The fourth-order valence-electron chi connectivity index (χ4n) is 6.06. The molecule has 172 valence electrons. The van der Waals surface area contributed by atoms with Gasteiger partial charge in [0.1, 0.15) is 11.5 Å². The van der Waals surface area contributed by atoms with Gasteiger partial charge in [0, 0.05) is 22.0 Å². The lowest BCUT2D eigenvalue weighted by atomic mass is 9.34. The first-order valence-corrected chi connectivity index (χ1v) is 12.7.